The van der Waals surface area contributed by atoms with E-state index in [-0.39, 0.29) is 58.0 Å². The molecule has 0 aromatic carbocycles. The number of hydrogen-bond acceptors (Lipinski definition) is 1. The molecule has 0 radical (unpaired) electrons. The van der Waals surface area contributed by atoms with E-state index in [0.29, 0.717) is 5.92 Å². The molecule has 0 spiro atoms. The Morgan fingerprint density at radius 3 is 2.56 bits per heavy atom. The summed E-state index contributed by atoms with van der Waals surface area (Å²) in [5.74, 6) is 0.444. The van der Waals surface area contributed by atoms with Crippen LogP contribution in [0.5, 0.6) is 0 Å². The predicted molar refractivity (Wildman–Crippen MR) is 31.3 cm³/mol. The normalized spacial score (nSPS) is 25.2. The summed E-state index contributed by atoms with van der Waals surface area (Å²) in [6, 6.07) is 0. The van der Waals surface area contributed by atoms with E-state index in [4.69, 9.17) is 0 Å². The molecule has 1 unspecified atom stereocenters. The standard InChI is InChI=1S/C7H11O.K/c8-6-7-4-2-1-3-5-7;/h1-2,7H,3-6H2;/q-1;+1. The average Bonchev–Trinajstić information content (AvgIpc) is 1.90. The Hall–Kier alpha value is 1.34. The SMILES string of the molecule is [K+].[O-]CC1CC=CCC1. The third kappa shape index (κ3) is 3.91. The van der Waals surface area contributed by atoms with Gasteiger partial charge < -0.3 is 5.11 Å². The summed E-state index contributed by atoms with van der Waals surface area (Å²) in [5, 5.41) is 10.3. The molecule has 0 aromatic heterocycles. The molecule has 0 fully saturated rings. The van der Waals surface area contributed by atoms with E-state index in [0.717, 1.165) is 19.3 Å². The Kier molecular flexibility index (Phi) is 6.97. The maximum Gasteiger partial charge on any atom is 1.00 e. The Morgan fingerprint density at radius 2 is 2.22 bits per heavy atom. The quantitative estimate of drug-likeness (QED) is 0.305. The molecule has 0 aromatic rings. The van der Waals surface area contributed by atoms with Gasteiger partial charge in [0.05, 0.1) is 0 Å². The van der Waals surface area contributed by atoms with Crippen molar-refractivity contribution in [2.75, 3.05) is 6.61 Å². The van der Waals surface area contributed by atoms with Gasteiger partial charge in [-0.25, -0.2) is 0 Å². The minimum Gasteiger partial charge on any atom is -0.854 e. The molecule has 0 saturated carbocycles. The summed E-state index contributed by atoms with van der Waals surface area (Å²) in [6.45, 7) is 0.115. The molecule has 46 valence electrons. The molecule has 0 amide bonds. The average molecular weight is 150 g/mol. The van der Waals surface area contributed by atoms with Crippen LogP contribution in [0, 0.1) is 5.92 Å². The third-order valence-corrected chi connectivity index (χ3v) is 1.61. The van der Waals surface area contributed by atoms with Crippen LogP contribution in [0.2, 0.25) is 0 Å². The van der Waals surface area contributed by atoms with Crippen molar-refractivity contribution in [3.63, 3.8) is 0 Å². The first kappa shape index (κ1) is 10.3. The van der Waals surface area contributed by atoms with E-state index in [1.807, 2.05) is 0 Å². The van der Waals surface area contributed by atoms with Crippen molar-refractivity contribution >= 4 is 0 Å². The first-order valence-corrected chi connectivity index (χ1v) is 3.16. The van der Waals surface area contributed by atoms with Gasteiger partial charge in [-0.15, -0.1) is 6.61 Å². The Balaban J connectivity index is 0.000000640. The molecule has 1 aliphatic rings. The second-order valence-corrected chi connectivity index (χ2v) is 2.32. The van der Waals surface area contributed by atoms with Crippen LogP contribution < -0.4 is 56.5 Å². The minimum atomic E-state index is 0. The summed E-state index contributed by atoms with van der Waals surface area (Å²) in [5.41, 5.74) is 0. The van der Waals surface area contributed by atoms with Crippen LogP contribution in [-0.4, -0.2) is 6.61 Å². The zero-order valence-corrected chi connectivity index (χ0v) is 9.09. The number of allylic oxidation sites excluding steroid dienone is 2. The van der Waals surface area contributed by atoms with Gasteiger partial charge in [0.2, 0.25) is 0 Å². The van der Waals surface area contributed by atoms with Crippen molar-refractivity contribution < 1.29 is 56.5 Å². The minimum absolute atomic E-state index is 0. The molecule has 2 heteroatoms. The molecule has 0 aliphatic heterocycles. The van der Waals surface area contributed by atoms with Crippen molar-refractivity contribution in [2.24, 2.45) is 5.92 Å². The van der Waals surface area contributed by atoms with E-state index in [1.165, 1.54) is 0 Å². The fourth-order valence-electron chi connectivity index (χ4n) is 1.01. The summed E-state index contributed by atoms with van der Waals surface area (Å²) in [7, 11) is 0. The zero-order valence-electron chi connectivity index (χ0n) is 5.97. The van der Waals surface area contributed by atoms with Gasteiger partial charge in [0, 0.05) is 0 Å². The van der Waals surface area contributed by atoms with Crippen molar-refractivity contribution in [2.45, 2.75) is 19.3 Å². The van der Waals surface area contributed by atoms with Gasteiger partial charge in [-0.2, -0.15) is 0 Å². The summed E-state index contributed by atoms with van der Waals surface area (Å²) < 4.78 is 0. The maximum atomic E-state index is 10.3. The van der Waals surface area contributed by atoms with Gasteiger partial charge in [0.1, 0.15) is 0 Å². The Morgan fingerprint density at radius 1 is 1.44 bits per heavy atom. The van der Waals surface area contributed by atoms with Crippen molar-refractivity contribution in [1.29, 1.82) is 0 Å². The van der Waals surface area contributed by atoms with Crippen LogP contribution in [0.1, 0.15) is 19.3 Å². The van der Waals surface area contributed by atoms with E-state index < -0.39 is 0 Å². The van der Waals surface area contributed by atoms with E-state index in [9.17, 15) is 5.11 Å². The van der Waals surface area contributed by atoms with Gasteiger partial charge in [0.25, 0.3) is 0 Å². The number of hydrogen-bond donors (Lipinski definition) is 0. The Labute approximate surface area is 99.0 Å². The van der Waals surface area contributed by atoms with Gasteiger partial charge in [-0.1, -0.05) is 18.1 Å². The van der Waals surface area contributed by atoms with Gasteiger partial charge >= 0.3 is 51.4 Å². The van der Waals surface area contributed by atoms with E-state index >= 15 is 0 Å². The molecule has 1 nitrogen and oxygen atoms in total. The third-order valence-electron chi connectivity index (χ3n) is 1.61. The van der Waals surface area contributed by atoms with Crippen LogP contribution >= 0.6 is 0 Å². The zero-order chi connectivity index (χ0) is 5.82. The fraction of sp³-hybridized carbons (Fsp3) is 0.714. The van der Waals surface area contributed by atoms with Crippen molar-refractivity contribution in [1.82, 2.24) is 0 Å². The van der Waals surface area contributed by atoms with Gasteiger partial charge in [0.15, 0.2) is 0 Å². The van der Waals surface area contributed by atoms with Crippen LogP contribution in [0.15, 0.2) is 12.2 Å². The van der Waals surface area contributed by atoms with E-state index in [1.54, 1.807) is 0 Å². The molecular weight excluding hydrogens is 139 g/mol. The van der Waals surface area contributed by atoms with E-state index in [2.05, 4.69) is 12.2 Å². The summed E-state index contributed by atoms with van der Waals surface area (Å²) in [6.07, 6.45) is 7.52. The summed E-state index contributed by atoms with van der Waals surface area (Å²) in [4.78, 5) is 0. The van der Waals surface area contributed by atoms with Gasteiger partial charge in [-0.05, 0) is 19.3 Å². The molecule has 0 heterocycles. The molecule has 1 atom stereocenters. The molecule has 0 bridgehead atoms. The second-order valence-electron chi connectivity index (χ2n) is 2.32. The first-order chi connectivity index (χ1) is 3.93. The molecular formula is C7H11KO. The van der Waals surface area contributed by atoms with Crippen molar-refractivity contribution in [3.05, 3.63) is 12.2 Å². The largest absolute Gasteiger partial charge is 1.00 e. The maximum absolute atomic E-state index is 10.3. The van der Waals surface area contributed by atoms with Crippen LogP contribution in [0.25, 0.3) is 0 Å². The second kappa shape index (κ2) is 6.07. The Bertz CT molecular complexity index is 90.9. The van der Waals surface area contributed by atoms with Crippen molar-refractivity contribution in [3.8, 4) is 0 Å². The monoisotopic (exact) mass is 150 g/mol. The first-order valence-electron chi connectivity index (χ1n) is 3.16. The molecule has 9 heavy (non-hydrogen) atoms. The van der Waals surface area contributed by atoms with Gasteiger partial charge in [-0.3, -0.25) is 0 Å². The van der Waals surface area contributed by atoms with Crippen LogP contribution in [-0.2, 0) is 0 Å². The number of rotatable bonds is 1. The summed E-state index contributed by atoms with van der Waals surface area (Å²) >= 11 is 0. The van der Waals surface area contributed by atoms with Crippen LogP contribution in [0.4, 0.5) is 0 Å². The topological polar surface area (TPSA) is 23.1 Å². The molecule has 1 rings (SSSR count). The molecule has 0 N–H and O–H groups in total. The molecule has 1 aliphatic carbocycles. The van der Waals surface area contributed by atoms with Crippen LogP contribution in [0.3, 0.4) is 0 Å². The molecule has 0 saturated heterocycles. The smallest absolute Gasteiger partial charge is 0.854 e. The predicted octanol–water partition coefficient (Wildman–Crippen LogP) is -2.29. The fourth-order valence-corrected chi connectivity index (χ4v) is 1.01.